The Kier molecular flexibility index (Phi) is 3.60. The number of nitrogens with one attached hydrogen (secondary N) is 1. The van der Waals surface area contributed by atoms with Crippen molar-refractivity contribution in [1.29, 1.82) is 0 Å². The van der Waals surface area contributed by atoms with Gasteiger partial charge in [0.15, 0.2) is 0 Å². The quantitative estimate of drug-likeness (QED) is 0.872. The molecule has 1 aromatic rings. The third kappa shape index (κ3) is 2.95. The van der Waals surface area contributed by atoms with Gasteiger partial charge in [-0.2, -0.15) is 0 Å². The lowest BCUT2D eigenvalue weighted by Gasteiger charge is -2.22. The van der Waals surface area contributed by atoms with Crippen LogP contribution < -0.4 is 5.32 Å². The molecule has 1 amide bonds. The molecule has 4 heteroatoms. The maximum Gasteiger partial charge on any atom is 0.328 e. The molecule has 4 nitrogen and oxygen atoms in total. The molecule has 19 heavy (non-hydrogen) atoms. The number of amides is 1. The Morgan fingerprint density at radius 1 is 1.37 bits per heavy atom. The summed E-state index contributed by atoms with van der Waals surface area (Å²) in [5.41, 5.74) is 1.32. The predicted octanol–water partition coefficient (Wildman–Crippen LogP) is 2.09. The molecule has 0 saturated heterocycles. The highest BCUT2D eigenvalue weighted by atomic mass is 16.4. The summed E-state index contributed by atoms with van der Waals surface area (Å²) in [5.74, 6) is -1.01. The van der Waals surface area contributed by atoms with Crippen molar-refractivity contribution >= 4 is 11.9 Å². The molecule has 0 aromatic heterocycles. The number of carboxylic acids is 1. The summed E-state index contributed by atoms with van der Waals surface area (Å²) in [6.45, 7) is 2.99. The fraction of sp³-hybridized carbons (Fsp3) is 0.467. The number of hydrogen-bond donors (Lipinski definition) is 2. The molecule has 0 unspecified atom stereocenters. The normalized spacial score (nSPS) is 17.9. The van der Waals surface area contributed by atoms with E-state index in [1.54, 1.807) is 0 Å². The fourth-order valence-electron chi connectivity index (χ4n) is 2.53. The van der Waals surface area contributed by atoms with Crippen LogP contribution in [-0.4, -0.2) is 22.5 Å². The largest absolute Gasteiger partial charge is 0.480 e. The Morgan fingerprint density at radius 3 is 2.74 bits per heavy atom. The molecule has 2 N–H and O–H groups in total. The number of carbonyl (C=O) groups excluding carboxylic acids is 1. The molecule has 0 saturated carbocycles. The smallest absolute Gasteiger partial charge is 0.328 e. The van der Waals surface area contributed by atoms with E-state index in [0.29, 0.717) is 6.42 Å². The highest BCUT2D eigenvalue weighted by Gasteiger charge is 2.31. The minimum Gasteiger partial charge on any atom is -0.480 e. The lowest BCUT2D eigenvalue weighted by molar-refractivity contribution is -0.146. The Balaban J connectivity index is 2.00. The maximum atomic E-state index is 12.0. The summed E-state index contributed by atoms with van der Waals surface area (Å²) in [7, 11) is 0. The van der Waals surface area contributed by atoms with Gasteiger partial charge in [-0.05, 0) is 43.7 Å². The lowest BCUT2D eigenvalue weighted by Crippen LogP contribution is -2.49. The van der Waals surface area contributed by atoms with Crippen molar-refractivity contribution in [2.75, 3.05) is 0 Å². The van der Waals surface area contributed by atoms with Crippen LogP contribution in [0.25, 0.3) is 0 Å². The van der Waals surface area contributed by atoms with Crippen LogP contribution in [0.4, 0.5) is 0 Å². The molecule has 1 atom stereocenters. The molecular formula is C15H19NO3. The van der Waals surface area contributed by atoms with Crippen LogP contribution in [-0.2, 0) is 16.0 Å². The van der Waals surface area contributed by atoms with Crippen molar-refractivity contribution in [3.05, 3.63) is 35.4 Å². The molecule has 1 aliphatic carbocycles. The highest BCUT2D eigenvalue weighted by molar-refractivity contribution is 5.86. The predicted molar refractivity (Wildman–Crippen MR) is 72.0 cm³/mol. The summed E-state index contributed by atoms with van der Waals surface area (Å²) >= 11 is 0. The van der Waals surface area contributed by atoms with Crippen LogP contribution >= 0.6 is 0 Å². The number of hydrogen-bond acceptors (Lipinski definition) is 2. The van der Waals surface area contributed by atoms with Gasteiger partial charge in [0.25, 0.3) is 0 Å². The third-order valence-electron chi connectivity index (χ3n) is 3.68. The lowest BCUT2D eigenvalue weighted by atomic mass is 9.96. The second kappa shape index (κ2) is 5.03. The zero-order valence-electron chi connectivity index (χ0n) is 11.3. The van der Waals surface area contributed by atoms with Gasteiger partial charge >= 0.3 is 5.97 Å². The first-order chi connectivity index (χ1) is 8.90. The SMILES string of the molecule is CC(C)(NC(=O)C[C@@H]1CCc2ccccc21)C(=O)O. The van der Waals surface area contributed by atoms with E-state index in [2.05, 4.69) is 17.4 Å². The Bertz CT molecular complexity index is 508. The molecule has 0 bridgehead atoms. The summed E-state index contributed by atoms with van der Waals surface area (Å²) < 4.78 is 0. The molecule has 1 aromatic carbocycles. The van der Waals surface area contributed by atoms with E-state index < -0.39 is 11.5 Å². The van der Waals surface area contributed by atoms with E-state index in [9.17, 15) is 9.59 Å². The highest BCUT2D eigenvalue weighted by Crippen LogP contribution is 2.35. The van der Waals surface area contributed by atoms with E-state index in [1.165, 1.54) is 25.0 Å². The Morgan fingerprint density at radius 2 is 2.05 bits per heavy atom. The van der Waals surface area contributed by atoms with Crippen LogP contribution in [0.15, 0.2) is 24.3 Å². The minimum absolute atomic E-state index is 0.200. The monoisotopic (exact) mass is 261 g/mol. The van der Waals surface area contributed by atoms with Gasteiger partial charge in [-0.1, -0.05) is 24.3 Å². The van der Waals surface area contributed by atoms with Crippen molar-refractivity contribution in [2.45, 2.75) is 44.6 Å². The molecule has 102 valence electrons. The number of fused-ring (bicyclic) bond motifs is 1. The van der Waals surface area contributed by atoms with Gasteiger partial charge in [0, 0.05) is 6.42 Å². The first kappa shape index (κ1) is 13.6. The van der Waals surface area contributed by atoms with Gasteiger partial charge < -0.3 is 10.4 Å². The Labute approximate surface area is 112 Å². The molecule has 0 aliphatic heterocycles. The first-order valence-electron chi connectivity index (χ1n) is 6.52. The van der Waals surface area contributed by atoms with Crippen LogP contribution in [0.5, 0.6) is 0 Å². The zero-order chi connectivity index (χ0) is 14.0. The van der Waals surface area contributed by atoms with Gasteiger partial charge in [-0.25, -0.2) is 4.79 Å². The fourth-order valence-corrected chi connectivity index (χ4v) is 2.53. The van der Waals surface area contributed by atoms with Crippen molar-refractivity contribution in [3.63, 3.8) is 0 Å². The first-order valence-corrected chi connectivity index (χ1v) is 6.52. The molecule has 0 heterocycles. The van der Waals surface area contributed by atoms with Gasteiger partial charge in [-0.15, -0.1) is 0 Å². The van der Waals surface area contributed by atoms with Gasteiger partial charge in [0.05, 0.1) is 0 Å². The van der Waals surface area contributed by atoms with Crippen LogP contribution in [0.2, 0.25) is 0 Å². The average molecular weight is 261 g/mol. The zero-order valence-corrected chi connectivity index (χ0v) is 11.3. The number of benzene rings is 1. The summed E-state index contributed by atoms with van der Waals surface area (Å²) in [5, 5.41) is 11.6. The van der Waals surface area contributed by atoms with E-state index in [1.807, 2.05) is 12.1 Å². The molecular weight excluding hydrogens is 242 g/mol. The maximum absolute atomic E-state index is 12.0. The summed E-state index contributed by atoms with van der Waals surface area (Å²) in [6, 6.07) is 8.14. The van der Waals surface area contributed by atoms with Gasteiger partial charge in [0.1, 0.15) is 5.54 Å². The summed E-state index contributed by atoms with van der Waals surface area (Å²) in [6.07, 6.45) is 2.31. The van der Waals surface area contributed by atoms with Crippen LogP contribution in [0.1, 0.15) is 43.7 Å². The molecule has 1 aliphatic rings. The number of carbonyl (C=O) groups is 2. The second-order valence-corrected chi connectivity index (χ2v) is 5.62. The minimum atomic E-state index is -1.21. The van der Waals surface area contributed by atoms with E-state index in [4.69, 9.17) is 5.11 Å². The number of carboxylic acid groups (broad SMARTS) is 1. The van der Waals surface area contributed by atoms with E-state index in [-0.39, 0.29) is 11.8 Å². The van der Waals surface area contributed by atoms with Gasteiger partial charge in [-0.3, -0.25) is 4.79 Å². The molecule has 0 spiro atoms. The third-order valence-corrected chi connectivity index (χ3v) is 3.68. The topological polar surface area (TPSA) is 66.4 Å². The molecule has 0 radical (unpaired) electrons. The number of aliphatic carboxylic acids is 1. The van der Waals surface area contributed by atoms with E-state index >= 15 is 0 Å². The van der Waals surface area contributed by atoms with Crippen molar-refractivity contribution < 1.29 is 14.7 Å². The average Bonchev–Trinajstić information content (AvgIpc) is 2.72. The van der Waals surface area contributed by atoms with Crippen molar-refractivity contribution in [1.82, 2.24) is 5.32 Å². The van der Waals surface area contributed by atoms with Crippen LogP contribution in [0, 0.1) is 0 Å². The molecule has 2 rings (SSSR count). The van der Waals surface area contributed by atoms with E-state index in [0.717, 1.165) is 12.8 Å². The van der Waals surface area contributed by atoms with Crippen molar-refractivity contribution in [3.8, 4) is 0 Å². The van der Waals surface area contributed by atoms with Gasteiger partial charge in [0.2, 0.25) is 5.91 Å². The molecule has 0 fully saturated rings. The van der Waals surface area contributed by atoms with Crippen molar-refractivity contribution in [2.24, 2.45) is 0 Å². The standard InChI is InChI=1S/C15H19NO3/c1-15(2,14(18)19)16-13(17)9-11-8-7-10-5-3-4-6-12(10)11/h3-6,11H,7-9H2,1-2H3,(H,16,17)(H,18,19)/t11-/m0/s1. The van der Waals surface area contributed by atoms with Crippen LogP contribution in [0.3, 0.4) is 0 Å². The number of aryl methyl sites for hydroxylation is 1. The summed E-state index contributed by atoms with van der Waals surface area (Å²) in [4.78, 5) is 22.9. The Hall–Kier alpha value is -1.84. The number of rotatable bonds is 4. The second-order valence-electron chi connectivity index (χ2n) is 5.62.